The molecule has 0 bridgehead atoms. The molecule has 40 heavy (non-hydrogen) atoms. The van der Waals surface area contributed by atoms with Crippen molar-refractivity contribution in [3.63, 3.8) is 0 Å². The number of nitrogens with two attached hydrogens (primary N) is 2. The van der Waals surface area contributed by atoms with Crippen molar-refractivity contribution in [1.82, 2.24) is 25.0 Å². The van der Waals surface area contributed by atoms with Gasteiger partial charge >= 0.3 is 5.97 Å². The Hall–Kier alpha value is -3.98. The van der Waals surface area contributed by atoms with Crippen LogP contribution in [0.1, 0.15) is 0 Å². The molecule has 3 aromatic heterocycles. The topological polar surface area (TPSA) is 183 Å². The number of anilines is 3. The fourth-order valence-corrected chi connectivity index (χ4v) is 5.86. The molecule has 5 aromatic rings. The molecule has 0 radical (unpaired) electrons. The summed E-state index contributed by atoms with van der Waals surface area (Å²) in [7, 11) is -4.27. The van der Waals surface area contributed by atoms with E-state index in [0.717, 1.165) is 4.31 Å². The van der Waals surface area contributed by atoms with Crippen LogP contribution in [0.4, 0.5) is 17.3 Å². The second-order valence-electron chi connectivity index (χ2n) is 8.04. The maximum atomic E-state index is 13.3. The molecule has 0 spiro atoms. The Morgan fingerprint density at radius 1 is 0.900 bits per heavy atom. The third kappa shape index (κ3) is 6.77. The van der Waals surface area contributed by atoms with Crippen molar-refractivity contribution in [3.05, 3.63) is 87.6 Å². The maximum Gasteiger partial charge on any atom is 0.324 e. The highest BCUT2D eigenvalue weighted by Gasteiger charge is 2.28. The van der Waals surface area contributed by atoms with Gasteiger partial charge in [-0.3, -0.25) is 13.7 Å². The number of carboxylic acids is 1. The second kappa shape index (κ2) is 12.0. The van der Waals surface area contributed by atoms with Crippen LogP contribution in [0.15, 0.2) is 82.4 Å². The van der Waals surface area contributed by atoms with Crippen molar-refractivity contribution in [1.29, 1.82) is 0 Å². The smallest absolute Gasteiger partial charge is 0.324 e. The molecule has 0 saturated heterocycles. The first-order valence-corrected chi connectivity index (χ1v) is 14.1. The average molecular weight is 666 g/mol. The Labute approximate surface area is 246 Å². The van der Waals surface area contributed by atoms with Gasteiger partial charge in [0.05, 0.1) is 16.1 Å². The molecule has 0 atom stereocenters. The molecule has 12 nitrogen and oxygen atoms in total. The number of hydrogen-bond acceptors (Lipinski definition) is 9. The zero-order valence-corrected chi connectivity index (χ0v) is 24.1. The van der Waals surface area contributed by atoms with E-state index in [-0.39, 0.29) is 26.4 Å². The fourth-order valence-electron chi connectivity index (χ4n) is 3.52. The van der Waals surface area contributed by atoms with Crippen LogP contribution < -0.4 is 15.8 Å². The molecule has 206 valence electrons. The summed E-state index contributed by atoms with van der Waals surface area (Å²) in [4.78, 5) is 11.3. The minimum absolute atomic E-state index is 0.114. The number of fused-ring (bicyclic) bond motifs is 1. The van der Waals surface area contributed by atoms with Gasteiger partial charge in [0, 0.05) is 21.6 Å². The van der Waals surface area contributed by atoms with Crippen LogP contribution in [0.3, 0.4) is 0 Å². The Morgan fingerprint density at radius 2 is 1.55 bits per heavy atom. The van der Waals surface area contributed by atoms with E-state index >= 15 is 0 Å². The SMILES string of the molecule is Nc1ccc(-n2ccc3cc(N(CC(=O)O)S(=O)(=O)c4cc(Cl)cc(Cl)c4)ccc32)nn1.Nc1ccc(Br)nn1. The lowest BCUT2D eigenvalue weighted by atomic mass is 10.2. The van der Waals surface area contributed by atoms with Gasteiger partial charge in [0.1, 0.15) is 22.8 Å². The lowest BCUT2D eigenvalue weighted by Gasteiger charge is -2.23. The highest BCUT2D eigenvalue weighted by Crippen LogP contribution is 2.31. The number of aromatic nitrogens is 5. The standard InChI is InChI=1S/C20H15Cl2N5O4S.C4H4BrN3/c21-13-8-14(22)10-16(9-13)32(30,31)27(11-20(28)29)15-1-2-17-12(7-15)5-6-26(17)19-4-3-18(23)24-25-19;5-3-1-2-4(6)8-7-3/h1-10H,11H2,(H2,23,24)(H,28,29);1-2H,(H2,6,8). The fraction of sp³-hybridized carbons (Fsp3) is 0.0417. The summed E-state index contributed by atoms with van der Waals surface area (Å²) in [6, 6.07) is 17.0. The van der Waals surface area contributed by atoms with Gasteiger partial charge in [-0.2, -0.15) is 0 Å². The van der Waals surface area contributed by atoms with Gasteiger partial charge in [-0.15, -0.1) is 20.4 Å². The number of rotatable bonds is 6. The maximum absolute atomic E-state index is 13.3. The number of hydrogen-bond donors (Lipinski definition) is 3. The molecule has 16 heteroatoms. The first-order valence-electron chi connectivity index (χ1n) is 11.1. The van der Waals surface area contributed by atoms with Crippen molar-refractivity contribution >= 4 is 83.4 Å². The number of carboxylic acid groups (broad SMARTS) is 1. The van der Waals surface area contributed by atoms with E-state index < -0.39 is 22.5 Å². The Kier molecular flexibility index (Phi) is 8.73. The summed E-state index contributed by atoms with van der Waals surface area (Å²) < 4.78 is 29.8. The summed E-state index contributed by atoms with van der Waals surface area (Å²) in [5.41, 5.74) is 11.7. The second-order valence-corrected chi connectivity index (χ2v) is 11.6. The number of nitrogen functional groups attached to an aromatic ring is 2. The third-order valence-electron chi connectivity index (χ3n) is 5.24. The largest absolute Gasteiger partial charge is 0.480 e. The van der Waals surface area contributed by atoms with Gasteiger partial charge in [0.25, 0.3) is 10.0 Å². The van der Waals surface area contributed by atoms with E-state index in [9.17, 15) is 18.3 Å². The summed E-state index contributed by atoms with van der Waals surface area (Å²) in [5, 5.41) is 25.3. The number of aliphatic carboxylic acids is 1. The molecule has 5 rings (SSSR count). The number of sulfonamides is 1. The van der Waals surface area contributed by atoms with E-state index in [1.165, 1.54) is 24.3 Å². The van der Waals surface area contributed by atoms with Crippen LogP contribution >= 0.6 is 39.1 Å². The van der Waals surface area contributed by atoms with Gasteiger partial charge in [-0.25, -0.2) is 8.42 Å². The van der Waals surface area contributed by atoms with Crippen LogP contribution in [0.2, 0.25) is 10.0 Å². The van der Waals surface area contributed by atoms with Crippen molar-refractivity contribution < 1.29 is 18.3 Å². The van der Waals surface area contributed by atoms with Crippen molar-refractivity contribution in [2.75, 3.05) is 22.3 Å². The molecule has 0 amide bonds. The van der Waals surface area contributed by atoms with Gasteiger partial charge in [0.15, 0.2) is 5.82 Å². The van der Waals surface area contributed by atoms with E-state index in [0.29, 0.717) is 27.1 Å². The average Bonchev–Trinajstić information content (AvgIpc) is 3.32. The molecular formula is C24H19BrCl2N8O4S. The highest BCUT2D eigenvalue weighted by molar-refractivity contribution is 9.10. The van der Waals surface area contributed by atoms with Crippen LogP contribution in [-0.4, -0.2) is 51.0 Å². The lowest BCUT2D eigenvalue weighted by molar-refractivity contribution is -0.135. The Bertz CT molecular complexity index is 1740. The van der Waals surface area contributed by atoms with E-state index in [4.69, 9.17) is 34.7 Å². The summed E-state index contributed by atoms with van der Waals surface area (Å²) >= 11 is 15.0. The molecular weight excluding hydrogens is 647 g/mol. The zero-order chi connectivity index (χ0) is 29.0. The molecule has 2 aromatic carbocycles. The Morgan fingerprint density at radius 3 is 2.10 bits per heavy atom. The molecule has 0 aliphatic carbocycles. The van der Waals surface area contributed by atoms with Crippen LogP contribution in [-0.2, 0) is 14.8 Å². The predicted molar refractivity (Wildman–Crippen MR) is 156 cm³/mol. The number of carbonyl (C=O) groups is 1. The van der Waals surface area contributed by atoms with Crippen LogP contribution in [0.25, 0.3) is 16.7 Å². The molecule has 0 saturated carbocycles. The van der Waals surface area contributed by atoms with Crippen LogP contribution in [0, 0.1) is 0 Å². The summed E-state index contributed by atoms with van der Waals surface area (Å²) in [5.74, 6) is -0.0848. The summed E-state index contributed by atoms with van der Waals surface area (Å²) in [6.45, 7) is -0.790. The number of benzene rings is 2. The Balaban J connectivity index is 0.000000398. The minimum Gasteiger partial charge on any atom is -0.480 e. The van der Waals surface area contributed by atoms with E-state index in [1.807, 2.05) is 0 Å². The summed E-state index contributed by atoms with van der Waals surface area (Å²) in [6.07, 6.45) is 1.74. The van der Waals surface area contributed by atoms with Gasteiger partial charge in [-0.05, 0) is 82.7 Å². The lowest BCUT2D eigenvalue weighted by Crippen LogP contribution is -2.35. The zero-order valence-electron chi connectivity index (χ0n) is 20.2. The van der Waals surface area contributed by atoms with Gasteiger partial charge in [-0.1, -0.05) is 23.2 Å². The van der Waals surface area contributed by atoms with Gasteiger partial charge < -0.3 is 16.6 Å². The molecule has 3 heterocycles. The van der Waals surface area contributed by atoms with Gasteiger partial charge in [0.2, 0.25) is 0 Å². The highest BCUT2D eigenvalue weighted by atomic mass is 79.9. The van der Waals surface area contributed by atoms with Crippen molar-refractivity contribution in [3.8, 4) is 5.82 Å². The van der Waals surface area contributed by atoms with E-state index in [1.54, 1.807) is 53.2 Å². The number of nitrogens with zero attached hydrogens (tertiary/aromatic N) is 6. The molecule has 0 aliphatic rings. The van der Waals surface area contributed by atoms with Crippen LogP contribution in [0.5, 0.6) is 0 Å². The van der Waals surface area contributed by atoms with Crippen molar-refractivity contribution in [2.45, 2.75) is 4.90 Å². The van der Waals surface area contributed by atoms with Crippen molar-refractivity contribution in [2.24, 2.45) is 0 Å². The quantitative estimate of drug-likeness (QED) is 0.235. The predicted octanol–water partition coefficient (Wildman–Crippen LogP) is 4.41. The molecule has 0 unspecified atom stereocenters. The number of halogens is 3. The molecule has 5 N–H and O–H groups in total. The minimum atomic E-state index is -4.27. The monoisotopic (exact) mass is 664 g/mol. The normalized spacial score (nSPS) is 11.1. The first kappa shape index (κ1) is 29.0. The third-order valence-corrected chi connectivity index (χ3v) is 7.85. The van der Waals surface area contributed by atoms with E-state index in [2.05, 4.69) is 36.3 Å². The molecule has 0 fully saturated rings. The molecule has 0 aliphatic heterocycles. The first-order chi connectivity index (χ1) is 18.9.